The highest BCUT2D eigenvalue weighted by Crippen LogP contribution is 2.50. The van der Waals surface area contributed by atoms with Crippen LogP contribution in [0.2, 0.25) is 0 Å². The van der Waals surface area contributed by atoms with Crippen molar-refractivity contribution in [1.82, 2.24) is 4.90 Å². The summed E-state index contributed by atoms with van der Waals surface area (Å²) in [5.41, 5.74) is 0. The summed E-state index contributed by atoms with van der Waals surface area (Å²) in [5.74, 6) is 1.02. The lowest BCUT2D eigenvalue weighted by Gasteiger charge is -2.25. The first-order valence-electron chi connectivity index (χ1n) is 19.9. The van der Waals surface area contributed by atoms with E-state index in [1.807, 2.05) is 0 Å². The van der Waals surface area contributed by atoms with Gasteiger partial charge in [0.05, 0.1) is 19.4 Å². The van der Waals surface area contributed by atoms with Gasteiger partial charge in [0, 0.05) is 0 Å². The van der Waals surface area contributed by atoms with Crippen molar-refractivity contribution in [3.8, 4) is 0 Å². The van der Waals surface area contributed by atoms with Gasteiger partial charge in [-0.2, -0.15) is 0 Å². The Morgan fingerprint density at radius 2 is 0.773 bits per heavy atom. The Morgan fingerprint density at radius 1 is 0.455 bits per heavy atom. The Bertz CT molecular complexity index is 574. The molecule has 2 atom stereocenters. The molecule has 0 N–H and O–H groups in total. The molecule has 266 valence electrons. The third-order valence-corrected chi connectivity index (χ3v) is 11.4. The zero-order valence-corrected chi connectivity index (χ0v) is 32.1. The van der Waals surface area contributed by atoms with Crippen LogP contribution < -0.4 is 0 Å². The van der Waals surface area contributed by atoms with Crippen LogP contribution in [0.5, 0.6) is 0 Å². The zero-order chi connectivity index (χ0) is 32.6. The average Bonchev–Trinajstić information content (AvgIpc) is 3.01. The van der Waals surface area contributed by atoms with Crippen molar-refractivity contribution < 1.29 is 13.6 Å². The van der Waals surface area contributed by atoms with Crippen LogP contribution >= 0.6 is 7.60 Å². The summed E-state index contributed by atoms with van der Waals surface area (Å²) in [6.45, 7) is 11.5. The van der Waals surface area contributed by atoms with Crippen LogP contribution in [0.4, 0.5) is 0 Å². The maximum absolute atomic E-state index is 14.3. The van der Waals surface area contributed by atoms with E-state index in [1.165, 1.54) is 154 Å². The molecule has 0 aromatic heterocycles. The molecule has 0 saturated carbocycles. The Labute approximate surface area is 278 Å². The van der Waals surface area contributed by atoms with E-state index in [0.29, 0.717) is 31.2 Å². The van der Waals surface area contributed by atoms with Gasteiger partial charge in [0.15, 0.2) is 0 Å². The average molecular weight is 644 g/mol. The zero-order valence-electron chi connectivity index (χ0n) is 31.2. The van der Waals surface area contributed by atoms with E-state index < -0.39 is 7.60 Å². The summed E-state index contributed by atoms with van der Waals surface area (Å²) in [5, 5.41) is 0. The van der Waals surface area contributed by atoms with Crippen molar-refractivity contribution in [3.63, 3.8) is 0 Å². The summed E-state index contributed by atoms with van der Waals surface area (Å²) < 4.78 is 27.2. The van der Waals surface area contributed by atoms with E-state index in [-0.39, 0.29) is 0 Å². The Hall–Kier alpha value is 0.110. The Balaban J connectivity index is 5.24. The van der Waals surface area contributed by atoms with Gasteiger partial charge >= 0.3 is 7.60 Å². The summed E-state index contributed by atoms with van der Waals surface area (Å²) in [6, 6.07) is 0. The second-order valence-electron chi connectivity index (χ2n) is 14.3. The maximum Gasteiger partial charge on any atom is 0.330 e. The van der Waals surface area contributed by atoms with Crippen LogP contribution in [0.25, 0.3) is 0 Å². The van der Waals surface area contributed by atoms with Crippen LogP contribution in [-0.4, -0.2) is 44.9 Å². The van der Waals surface area contributed by atoms with Gasteiger partial charge in [-0.05, 0) is 71.0 Å². The SMILES string of the molecule is CCCCCCCCC(CCCCCC)COP(=O)(CCCCCN(C)C)OCC(CCCCCC)CCCCCCCC. The highest BCUT2D eigenvalue weighted by Gasteiger charge is 2.27. The van der Waals surface area contributed by atoms with Crippen LogP contribution in [0.15, 0.2) is 0 Å². The number of unbranched alkanes of at least 4 members (excludes halogenated alkanes) is 18. The highest BCUT2D eigenvalue weighted by atomic mass is 31.2. The third-order valence-electron chi connectivity index (χ3n) is 9.41. The van der Waals surface area contributed by atoms with Crippen molar-refractivity contribution in [1.29, 1.82) is 0 Å². The molecule has 2 unspecified atom stereocenters. The lowest BCUT2D eigenvalue weighted by atomic mass is 9.95. The molecule has 44 heavy (non-hydrogen) atoms. The molecular weight excluding hydrogens is 561 g/mol. The van der Waals surface area contributed by atoms with E-state index >= 15 is 0 Å². The molecule has 0 aliphatic rings. The maximum atomic E-state index is 14.3. The molecule has 0 spiro atoms. The van der Waals surface area contributed by atoms with E-state index in [9.17, 15) is 4.57 Å². The minimum Gasteiger partial charge on any atom is -0.309 e. The first kappa shape index (κ1) is 44.1. The molecule has 5 heteroatoms. The molecule has 0 bridgehead atoms. The minimum atomic E-state index is -3.10. The van der Waals surface area contributed by atoms with Crippen molar-refractivity contribution in [2.45, 2.75) is 201 Å². The summed E-state index contributed by atoms with van der Waals surface area (Å²) in [7, 11) is 1.16. The van der Waals surface area contributed by atoms with E-state index in [1.54, 1.807) is 0 Å². The van der Waals surface area contributed by atoms with Gasteiger partial charge in [-0.1, -0.05) is 163 Å². The molecule has 0 amide bonds. The second kappa shape index (κ2) is 33.0. The van der Waals surface area contributed by atoms with Crippen molar-refractivity contribution in [3.05, 3.63) is 0 Å². The molecule has 4 nitrogen and oxygen atoms in total. The standard InChI is InChI=1S/C39H82NO3P/c1-7-11-15-19-21-26-32-38(30-24-17-13-9-3)36-42-44(41,35-29-23-28-34-40(5)6)43-37-39(31-25-18-14-10-4)33-27-22-20-16-12-8-2/h38-39H,7-37H2,1-6H3. The van der Waals surface area contributed by atoms with E-state index in [0.717, 1.165) is 25.8 Å². The van der Waals surface area contributed by atoms with Gasteiger partial charge in [0.25, 0.3) is 0 Å². The minimum absolute atomic E-state index is 0.511. The van der Waals surface area contributed by atoms with Crippen LogP contribution in [-0.2, 0) is 13.6 Å². The molecule has 0 aliphatic heterocycles. The summed E-state index contributed by atoms with van der Waals surface area (Å²) in [4.78, 5) is 2.24. The third kappa shape index (κ3) is 29.5. The molecular formula is C39H82NO3P. The van der Waals surface area contributed by atoms with Gasteiger partial charge in [-0.25, -0.2) is 0 Å². The fourth-order valence-electron chi connectivity index (χ4n) is 6.28. The largest absolute Gasteiger partial charge is 0.330 e. The number of rotatable bonds is 36. The Morgan fingerprint density at radius 3 is 1.14 bits per heavy atom. The molecule has 0 rings (SSSR count). The fraction of sp³-hybridized carbons (Fsp3) is 1.00. The first-order chi connectivity index (χ1) is 21.4. The molecule has 0 aliphatic carbocycles. The van der Waals surface area contributed by atoms with Crippen molar-refractivity contribution in [2.24, 2.45) is 11.8 Å². The van der Waals surface area contributed by atoms with Crippen molar-refractivity contribution >= 4 is 7.60 Å². The predicted molar refractivity (Wildman–Crippen MR) is 197 cm³/mol. The molecule has 0 saturated heterocycles. The van der Waals surface area contributed by atoms with E-state index in [4.69, 9.17) is 9.05 Å². The fourth-order valence-corrected chi connectivity index (χ4v) is 8.10. The lowest BCUT2D eigenvalue weighted by Crippen LogP contribution is -2.15. The van der Waals surface area contributed by atoms with Gasteiger partial charge in [0.1, 0.15) is 0 Å². The lowest BCUT2D eigenvalue weighted by molar-refractivity contribution is 0.146. The molecule has 0 aromatic rings. The van der Waals surface area contributed by atoms with Crippen LogP contribution in [0.1, 0.15) is 201 Å². The highest BCUT2D eigenvalue weighted by molar-refractivity contribution is 7.53. The van der Waals surface area contributed by atoms with Gasteiger partial charge in [0.2, 0.25) is 0 Å². The number of hydrogen-bond donors (Lipinski definition) is 0. The topological polar surface area (TPSA) is 38.8 Å². The first-order valence-corrected chi connectivity index (χ1v) is 21.7. The molecule has 0 aromatic carbocycles. The normalized spacial score (nSPS) is 14.7. The molecule has 0 heterocycles. The second-order valence-corrected chi connectivity index (χ2v) is 16.5. The molecule has 0 radical (unpaired) electrons. The quantitative estimate of drug-likeness (QED) is 0.0503. The monoisotopic (exact) mass is 644 g/mol. The van der Waals surface area contributed by atoms with E-state index in [2.05, 4.69) is 46.7 Å². The van der Waals surface area contributed by atoms with Crippen LogP contribution in [0.3, 0.4) is 0 Å². The number of nitrogens with zero attached hydrogens (tertiary/aromatic N) is 1. The van der Waals surface area contributed by atoms with Gasteiger partial charge < -0.3 is 13.9 Å². The van der Waals surface area contributed by atoms with Gasteiger partial charge in [-0.3, -0.25) is 4.57 Å². The Kier molecular flexibility index (Phi) is 33.1. The predicted octanol–water partition coefficient (Wildman–Crippen LogP) is 13.6. The van der Waals surface area contributed by atoms with Crippen molar-refractivity contribution in [2.75, 3.05) is 40.0 Å². The molecule has 0 fully saturated rings. The van der Waals surface area contributed by atoms with Crippen LogP contribution in [0, 0.1) is 11.8 Å². The van der Waals surface area contributed by atoms with Gasteiger partial charge in [-0.15, -0.1) is 0 Å². The summed E-state index contributed by atoms with van der Waals surface area (Å²) >= 11 is 0. The number of hydrogen-bond acceptors (Lipinski definition) is 4. The smallest absolute Gasteiger partial charge is 0.309 e. The summed E-state index contributed by atoms with van der Waals surface area (Å²) in [6.07, 6.45) is 34.9.